The molecule has 32 heavy (non-hydrogen) atoms. The zero-order chi connectivity index (χ0) is 22.2. The summed E-state index contributed by atoms with van der Waals surface area (Å²) in [5, 5.41) is 13.6. The van der Waals surface area contributed by atoms with Crippen LogP contribution in [0.3, 0.4) is 0 Å². The third-order valence-corrected chi connectivity index (χ3v) is 7.40. The fourth-order valence-electron chi connectivity index (χ4n) is 4.91. The maximum Gasteiger partial charge on any atom is 0.257 e. The molecule has 4 rings (SSSR count). The maximum absolute atomic E-state index is 12.9. The molecule has 2 aromatic rings. The van der Waals surface area contributed by atoms with Gasteiger partial charge in [-0.15, -0.1) is 21.5 Å². The lowest BCUT2D eigenvalue weighted by Crippen LogP contribution is -2.60. The van der Waals surface area contributed by atoms with E-state index in [2.05, 4.69) is 32.2 Å². The highest BCUT2D eigenvalue weighted by Crippen LogP contribution is 2.34. The molecule has 9 heteroatoms. The Hall–Kier alpha value is -1.81. The summed E-state index contributed by atoms with van der Waals surface area (Å²) in [6, 6.07) is 3.93. The van der Waals surface area contributed by atoms with Crippen molar-refractivity contribution >= 4 is 17.2 Å². The smallest absolute Gasteiger partial charge is 0.257 e. The van der Waals surface area contributed by atoms with Gasteiger partial charge in [0.1, 0.15) is 0 Å². The number of hydrogen-bond acceptors (Lipinski definition) is 8. The first-order chi connectivity index (χ1) is 15.7. The van der Waals surface area contributed by atoms with Crippen LogP contribution in [0.2, 0.25) is 0 Å². The number of amides is 1. The second-order valence-corrected chi connectivity index (χ2v) is 9.80. The molecule has 2 aromatic heterocycles. The van der Waals surface area contributed by atoms with Gasteiger partial charge in [0.25, 0.3) is 5.89 Å². The minimum atomic E-state index is 0.0645. The Morgan fingerprint density at radius 3 is 2.78 bits per heavy atom. The number of hydrogen-bond donors (Lipinski definition) is 1. The number of carbonyl (C=O) groups excluding carboxylic acids is 1. The minimum Gasteiger partial charge on any atom is -0.419 e. The van der Waals surface area contributed by atoms with E-state index in [-0.39, 0.29) is 11.4 Å². The summed E-state index contributed by atoms with van der Waals surface area (Å²) in [6.07, 6.45) is 7.02. The standard InChI is InChI=1S/C23H35N5O3S/c1-2-10-27(17-21-25-26-22(31-21)19-7-6-15-32-19)16-20(29)24-18-23(8-4-3-5-9-23)28-11-13-30-14-12-28/h6-7,15H,2-5,8-14,16-18H2,1H3,(H,24,29). The Balaban J connectivity index is 1.33. The first-order valence-corrected chi connectivity index (χ1v) is 12.7. The largest absolute Gasteiger partial charge is 0.419 e. The highest BCUT2D eigenvalue weighted by molar-refractivity contribution is 7.13. The van der Waals surface area contributed by atoms with Crippen LogP contribution < -0.4 is 5.32 Å². The molecule has 0 bridgehead atoms. The number of aromatic nitrogens is 2. The maximum atomic E-state index is 12.9. The Labute approximate surface area is 194 Å². The molecular weight excluding hydrogens is 426 g/mol. The molecule has 2 aliphatic rings. The lowest BCUT2D eigenvalue weighted by molar-refractivity contribution is -0.123. The van der Waals surface area contributed by atoms with Gasteiger partial charge >= 0.3 is 0 Å². The average molecular weight is 462 g/mol. The third-order valence-electron chi connectivity index (χ3n) is 6.55. The summed E-state index contributed by atoms with van der Waals surface area (Å²) in [7, 11) is 0. The third kappa shape index (κ3) is 5.95. The Morgan fingerprint density at radius 2 is 2.06 bits per heavy atom. The predicted molar refractivity (Wildman–Crippen MR) is 124 cm³/mol. The van der Waals surface area contributed by atoms with Gasteiger partial charge in [-0.05, 0) is 37.3 Å². The van der Waals surface area contributed by atoms with Crippen LogP contribution >= 0.6 is 11.3 Å². The highest BCUT2D eigenvalue weighted by Gasteiger charge is 2.38. The number of nitrogens with one attached hydrogen (secondary N) is 1. The molecule has 0 atom stereocenters. The summed E-state index contributed by atoms with van der Waals surface area (Å²) < 4.78 is 11.4. The minimum absolute atomic E-state index is 0.0645. The van der Waals surface area contributed by atoms with Gasteiger partial charge in [0.15, 0.2) is 0 Å². The molecule has 0 spiro atoms. The fourth-order valence-corrected chi connectivity index (χ4v) is 5.56. The Morgan fingerprint density at radius 1 is 1.25 bits per heavy atom. The normalized spacial score (nSPS) is 19.3. The number of thiophene rings is 1. The number of rotatable bonds is 10. The topological polar surface area (TPSA) is 83.7 Å². The number of morpholine rings is 1. The lowest BCUT2D eigenvalue weighted by atomic mass is 9.79. The molecule has 1 saturated carbocycles. The molecule has 3 heterocycles. The molecular formula is C23H35N5O3S. The molecule has 1 N–H and O–H groups in total. The van der Waals surface area contributed by atoms with Crippen molar-refractivity contribution in [2.75, 3.05) is 45.9 Å². The molecule has 1 saturated heterocycles. The van der Waals surface area contributed by atoms with E-state index in [0.29, 0.717) is 24.9 Å². The van der Waals surface area contributed by atoms with Crippen molar-refractivity contribution in [2.24, 2.45) is 0 Å². The molecule has 1 amide bonds. The SMILES string of the molecule is CCCN(CC(=O)NCC1(N2CCOCC2)CCCCC1)Cc1nnc(-c2cccs2)o1. The van der Waals surface area contributed by atoms with Crippen molar-refractivity contribution in [3.8, 4) is 10.8 Å². The van der Waals surface area contributed by atoms with E-state index < -0.39 is 0 Å². The summed E-state index contributed by atoms with van der Waals surface area (Å²) >= 11 is 1.57. The fraction of sp³-hybridized carbons (Fsp3) is 0.696. The van der Waals surface area contributed by atoms with E-state index in [0.717, 1.165) is 63.5 Å². The van der Waals surface area contributed by atoms with Crippen molar-refractivity contribution in [1.29, 1.82) is 0 Å². The van der Waals surface area contributed by atoms with Crippen molar-refractivity contribution in [3.63, 3.8) is 0 Å². The van der Waals surface area contributed by atoms with Gasteiger partial charge in [0.2, 0.25) is 11.8 Å². The van der Waals surface area contributed by atoms with Crippen LogP contribution in [0.1, 0.15) is 51.3 Å². The monoisotopic (exact) mass is 461 g/mol. The number of ether oxygens (including phenoxy) is 1. The van der Waals surface area contributed by atoms with Gasteiger partial charge in [-0.1, -0.05) is 32.3 Å². The molecule has 1 aliphatic heterocycles. The summed E-state index contributed by atoms with van der Waals surface area (Å²) in [6.45, 7) is 7.95. The first-order valence-electron chi connectivity index (χ1n) is 11.9. The van der Waals surface area contributed by atoms with E-state index in [1.54, 1.807) is 11.3 Å². The molecule has 0 radical (unpaired) electrons. The molecule has 0 unspecified atom stereocenters. The molecule has 1 aliphatic carbocycles. The summed E-state index contributed by atoms with van der Waals surface area (Å²) in [5.74, 6) is 1.15. The van der Waals surface area contributed by atoms with Crippen LogP contribution in [0.25, 0.3) is 10.8 Å². The number of carbonyl (C=O) groups is 1. The van der Waals surface area contributed by atoms with E-state index >= 15 is 0 Å². The van der Waals surface area contributed by atoms with Gasteiger partial charge in [-0.2, -0.15) is 0 Å². The lowest BCUT2D eigenvalue weighted by Gasteiger charge is -2.48. The van der Waals surface area contributed by atoms with Crippen LogP contribution in [-0.2, 0) is 16.1 Å². The van der Waals surface area contributed by atoms with Gasteiger partial charge in [-0.3, -0.25) is 14.6 Å². The van der Waals surface area contributed by atoms with Crippen molar-refractivity contribution in [1.82, 2.24) is 25.3 Å². The van der Waals surface area contributed by atoms with E-state index in [1.165, 1.54) is 19.3 Å². The highest BCUT2D eigenvalue weighted by atomic mass is 32.1. The Bertz CT molecular complexity index is 829. The van der Waals surface area contributed by atoms with Crippen LogP contribution in [0.5, 0.6) is 0 Å². The Kier molecular flexibility index (Phi) is 8.29. The molecule has 176 valence electrons. The molecule has 2 fully saturated rings. The second-order valence-electron chi connectivity index (χ2n) is 8.85. The van der Waals surface area contributed by atoms with E-state index in [4.69, 9.17) is 9.15 Å². The van der Waals surface area contributed by atoms with Crippen LogP contribution in [0.15, 0.2) is 21.9 Å². The number of nitrogens with zero attached hydrogens (tertiary/aromatic N) is 4. The van der Waals surface area contributed by atoms with Crippen molar-refractivity contribution in [2.45, 2.75) is 57.5 Å². The van der Waals surface area contributed by atoms with Gasteiger partial charge in [0, 0.05) is 25.2 Å². The average Bonchev–Trinajstić information content (AvgIpc) is 3.51. The predicted octanol–water partition coefficient (Wildman–Crippen LogP) is 3.16. The zero-order valence-corrected chi connectivity index (χ0v) is 19.9. The zero-order valence-electron chi connectivity index (χ0n) is 19.1. The molecule has 0 aromatic carbocycles. The van der Waals surface area contributed by atoms with Gasteiger partial charge in [0.05, 0.1) is 31.2 Å². The quantitative estimate of drug-likeness (QED) is 0.582. The van der Waals surface area contributed by atoms with Crippen molar-refractivity contribution in [3.05, 3.63) is 23.4 Å². The van der Waals surface area contributed by atoms with Gasteiger partial charge < -0.3 is 14.5 Å². The van der Waals surface area contributed by atoms with Gasteiger partial charge in [-0.25, -0.2) is 0 Å². The van der Waals surface area contributed by atoms with Crippen LogP contribution in [-0.4, -0.2) is 77.4 Å². The van der Waals surface area contributed by atoms with Crippen LogP contribution in [0.4, 0.5) is 0 Å². The summed E-state index contributed by atoms with van der Waals surface area (Å²) in [4.78, 5) is 18.5. The molecule has 8 nitrogen and oxygen atoms in total. The van der Waals surface area contributed by atoms with E-state index in [9.17, 15) is 4.79 Å². The first kappa shape index (κ1) is 23.4. The summed E-state index contributed by atoms with van der Waals surface area (Å²) in [5.41, 5.74) is 0.0787. The van der Waals surface area contributed by atoms with E-state index in [1.807, 2.05) is 17.5 Å². The van der Waals surface area contributed by atoms with Crippen LogP contribution in [0, 0.1) is 0 Å². The second kappa shape index (κ2) is 11.4. The van der Waals surface area contributed by atoms with Crippen molar-refractivity contribution < 1.29 is 13.9 Å².